The topological polar surface area (TPSA) is 35.5 Å². The van der Waals surface area contributed by atoms with Gasteiger partial charge in [0.1, 0.15) is 0 Å². The molecule has 2 N–H and O–H groups in total. The largest absolute Gasteiger partial charge is 0.394 e. The number of aliphatic hydroxyl groups excluding tert-OH is 1. The Bertz CT molecular complexity index is 251. The predicted molar refractivity (Wildman–Crippen MR) is 75.7 cm³/mol. The van der Waals surface area contributed by atoms with E-state index in [1.165, 1.54) is 45.2 Å². The van der Waals surface area contributed by atoms with Gasteiger partial charge in [-0.1, -0.05) is 6.92 Å². The van der Waals surface area contributed by atoms with Crippen LogP contribution < -0.4 is 5.32 Å². The third-order valence-corrected chi connectivity index (χ3v) is 4.38. The molecule has 0 spiro atoms. The number of nitrogens with zero attached hydrogens (tertiary/aromatic N) is 1. The smallest absolute Gasteiger partial charge is 0.0610 e. The van der Waals surface area contributed by atoms with Crippen molar-refractivity contribution in [2.24, 2.45) is 5.92 Å². The fourth-order valence-electron chi connectivity index (χ4n) is 2.82. The molecule has 0 radical (unpaired) electrons. The molecule has 0 aromatic heterocycles. The molecule has 0 aromatic rings. The second-order valence-electron chi connectivity index (χ2n) is 6.52. The molecule has 0 aliphatic heterocycles. The number of likely N-dealkylation sites (N-methyl/N-ethyl adjacent to an activating group) is 1. The molecule has 1 unspecified atom stereocenters. The van der Waals surface area contributed by atoms with Crippen LogP contribution in [0.2, 0.25) is 0 Å². The van der Waals surface area contributed by atoms with E-state index in [2.05, 4.69) is 24.1 Å². The third-order valence-electron chi connectivity index (χ3n) is 4.38. The minimum absolute atomic E-state index is 0.0798. The van der Waals surface area contributed by atoms with Crippen molar-refractivity contribution in [1.82, 2.24) is 10.2 Å². The Morgan fingerprint density at radius 2 is 2.00 bits per heavy atom. The van der Waals surface area contributed by atoms with Gasteiger partial charge >= 0.3 is 0 Å². The summed E-state index contributed by atoms with van der Waals surface area (Å²) in [6.45, 7) is 7.98. The van der Waals surface area contributed by atoms with Crippen molar-refractivity contribution < 1.29 is 5.11 Å². The third kappa shape index (κ3) is 4.52. The van der Waals surface area contributed by atoms with E-state index >= 15 is 0 Å². The van der Waals surface area contributed by atoms with Gasteiger partial charge in [0.2, 0.25) is 0 Å². The van der Waals surface area contributed by atoms with Crippen LogP contribution in [-0.4, -0.2) is 47.8 Å². The van der Waals surface area contributed by atoms with Crippen LogP contribution in [-0.2, 0) is 0 Å². The first-order chi connectivity index (χ1) is 8.67. The van der Waals surface area contributed by atoms with Gasteiger partial charge in [0.15, 0.2) is 0 Å². The van der Waals surface area contributed by atoms with E-state index in [9.17, 15) is 5.11 Å². The minimum atomic E-state index is -0.0798. The molecule has 2 aliphatic carbocycles. The van der Waals surface area contributed by atoms with E-state index in [4.69, 9.17) is 0 Å². The molecule has 0 aromatic carbocycles. The molecule has 1 atom stereocenters. The number of hydrogen-bond donors (Lipinski definition) is 2. The molecule has 3 heteroatoms. The number of rotatable bonds is 10. The summed E-state index contributed by atoms with van der Waals surface area (Å²) in [5, 5.41) is 12.9. The molecular formula is C15H30N2O. The van der Waals surface area contributed by atoms with E-state index in [0.717, 1.165) is 24.9 Å². The monoisotopic (exact) mass is 254 g/mol. The molecule has 2 aliphatic rings. The summed E-state index contributed by atoms with van der Waals surface area (Å²) in [7, 11) is 0. The van der Waals surface area contributed by atoms with Crippen molar-refractivity contribution in [2.75, 3.05) is 26.2 Å². The van der Waals surface area contributed by atoms with E-state index in [-0.39, 0.29) is 12.1 Å². The maximum absolute atomic E-state index is 9.48. The highest BCUT2D eigenvalue weighted by atomic mass is 16.3. The summed E-state index contributed by atoms with van der Waals surface area (Å²) in [4.78, 5) is 2.71. The lowest BCUT2D eigenvalue weighted by Gasteiger charge is -2.30. The van der Waals surface area contributed by atoms with Gasteiger partial charge in [-0.2, -0.15) is 0 Å². The first-order valence-electron chi connectivity index (χ1n) is 7.77. The molecule has 0 heterocycles. The molecular weight excluding hydrogens is 224 g/mol. The van der Waals surface area contributed by atoms with Gasteiger partial charge in [0.25, 0.3) is 0 Å². The Morgan fingerprint density at radius 1 is 1.28 bits per heavy atom. The van der Waals surface area contributed by atoms with E-state index in [0.29, 0.717) is 0 Å². The Morgan fingerprint density at radius 3 is 2.50 bits per heavy atom. The zero-order valence-electron chi connectivity index (χ0n) is 12.1. The van der Waals surface area contributed by atoms with Crippen LogP contribution in [0.3, 0.4) is 0 Å². The van der Waals surface area contributed by atoms with Crippen LogP contribution in [0.15, 0.2) is 0 Å². The highest BCUT2D eigenvalue weighted by Gasteiger charge is 2.33. The van der Waals surface area contributed by atoms with Crippen molar-refractivity contribution in [3.63, 3.8) is 0 Å². The van der Waals surface area contributed by atoms with Crippen molar-refractivity contribution in [1.29, 1.82) is 0 Å². The predicted octanol–water partition coefficient (Wildman–Crippen LogP) is 2.00. The summed E-state index contributed by atoms with van der Waals surface area (Å²) in [5.74, 6) is 1.00. The minimum Gasteiger partial charge on any atom is -0.394 e. The second-order valence-corrected chi connectivity index (χ2v) is 6.52. The molecule has 2 rings (SSSR count). The van der Waals surface area contributed by atoms with Crippen LogP contribution in [0.5, 0.6) is 0 Å². The first kappa shape index (κ1) is 14.3. The lowest BCUT2D eigenvalue weighted by atomic mass is 9.96. The van der Waals surface area contributed by atoms with Crippen LogP contribution in [0.1, 0.15) is 52.4 Å². The summed E-state index contributed by atoms with van der Waals surface area (Å²) in [6.07, 6.45) is 8.01. The lowest BCUT2D eigenvalue weighted by Crippen LogP contribution is -2.46. The normalized spacial score (nSPS) is 23.3. The maximum Gasteiger partial charge on any atom is 0.0610 e. The van der Waals surface area contributed by atoms with E-state index < -0.39 is 0 Å². The average Bonchev–Trinajstić information content (AvgIpc) is 3.20. The van der Waals surface area contributed by atoms with Crippen molar-refractivity contribution >= 4 is 0 Å². The number of aliphatic hydroxyl groups is 1. The SMILES string of the molecule is CCNC(C)(CO)CCCN(CC1CC1)C1CC1. The molecule has 3 nitrogen and oxygen atoms in total. The summed E-state index contributed by atoms with van der Waals surface area (Å²) >= 11 is 0. The summed E-state index contributed by atoms with van der Waals surface area (Å²) < 4.78 is 0. The summed E-state index contributed by atoms with van der Waals surface area (Å²) in [5.41, 5.74) is -0.0798. The van der Waals surface area contributed by atoms with Crippen LogP contribution >= 0.6 is 0 Å². The van der Waals surface area contributed by atoms with Gasteiger partial charge < -0.3 is 15.3 Å². The van der Waals surface area contributed by atoms with Crippen molar-refractivity contribution in [2.45, 2.75) is 64.0 Å². The number of nitrogens with one attached hydrogen (secondary N) is 1. The van der Waals surface area contributed by atoms with Gasteiger partial charge in [-0.3, -0.25) is 0 Å². The van der Waals surface area contributed by atoms with Gasteiger partial charge in [0.05, 0.1) is 6.61 Å². The Labute approximate surface area is 112 Å². The zero-order chi connectivity index (χ0) is 13.0. The Balaban J connectivity index is 1.68. The molecule has 0 saturated heterocycles. The van der Waals surface area contributed by atoms with Crippen LogP contribution in [0, 0.1) is 5.92 Å². The average molecular weight is 254 g/mol. The summed E-state index contributed by atoms with van der Waals surface area (Å²) in [6, 6.07) is 0.894. The van der Waals surface area contributed by atoms with Gasteiger partial charge in [-0.25, -0.2) is 0 Å². The van der Waals surface area contributed by atoms with Gasteiger partial charge in [-0.05, 0) is 64.5 Å². The molecule has 2 fully saturated rings. The van der Waals surface area contributed by atoms with Gasteiger partial charge in [-0.15, -0.1) is 0 Å². The fourth-order valence-corrected chi connectivity index (χ4v) is 2.82. The van der Waals surface area contributed by atoms with Gasteiger partial charge in [0, 0.05) is 18.1 Å². The molecule has 0 bridgehead atoms. The molecule has 18 heavy (non-hydrogen) atoms. The fraction of sp³-hybridized carbons (Fsp3) is 1.00. The van der Waals surface area contributed by atoms with E-state index in [1.54, 1.807) is 0 Å². The lowest BCUT2D eigenvalue weighted by molar-refractivity contribution is 0.156. The maximum atomic E-state index is 9.48. The Kier molecular flexibility index (Phi) is 5.05. The highest BCUT2D eigenvalue weighted by Crippen LogP contribution is 2.35. The van der Waals surface area contributed by atoms with Crippen LogP contribution in [0.25, 0.3) is 0 Å². The van der Waals surface area contributed by atoms with Crippen LogP contribution in [0.4, 0.5) is 0 Å². The quantitative estimate of drug-likeness (QED) is 0.626. The number of hydrogen-bond acceptors (Lipinski definition) is 3. The first-order valence-corrected chi connectivity index (χ1v) is 7.77. The molecule has 0 amide bonds. The van der Waals surface area contributed by atoms with E-state index in [1.807, 2.05) is 0 Å². The van der Waals surface area contributed by atoms with Crippen molar-refractivity contribution in [3.8, 4) is 0 Å². The van der Waals surface area contributed by atoms with Crippen molar-refractivity contribution in [3.05, 3.63) is 0 Å². The second kappa shape index (κ2) is 6.36. The standard InChI is InChI=1S/C15H30N2O/c1-3-16-15(2,12-18)9-4-10-17(14-7-8-14)11-13-5-6-13/h13-14,16,18H,3-12H2,1-2H3. The molecule has 2 saturated carbocycles. The highest BCUT2D eigenvalue weighted by molar-refractivity contribution is 4.89. The zero-order valence-corrected chi connectivity index (χ0v) is 12.1. The Hall–Kier alpha value is -0.120. The molecule has 106 valence electrons.